The lowest BCUT2D eigenvalue weighted by molar-refractivity contribution is -0.128. The van der Waals surface area contributed by atoms with Crippen LogP contribution in [0.2, 0.25) is 0 Å². The van der Waals surface area contributed by atoms with Gasteiger partial charge >= 0.3 is 0 Å². The van der Waals surface area contributed by atoms with Crippen LogP contribution in [0, 0.1) is 5.41 Å². The van der Waals surface area contributed by atoms with Crippen molar-refractivity contribution in [2.45, 2.75) is 51.5 Å². The SMILES string of the molecule is COc1nc2c(cc1C(=O)N1CCC3(CC1)NCC(C)(C)CNC3=O)CCC2. The molecule has 1 aromatic heterocycles. The standard InChI is InChI=1S/C21H30N4O3/c1-20(2)12-22-19(27)21(23-13-20)7-9-25(10-8-21)18(26)15-11-14-5-4-6-16(14)24-17(15)28-3/h11,23H,4-10,12-13H2,1-3H3,(H,22,27). The molecule has 3 aliphatic rings. The Hall–Kier alpha value is -2.15. The van der Waals surface area contributed by atoms with Gasteiger partial charge in [-0.25, -0.2) is 4.98 Å². The summed E-state index contributed by atoms with van der Waals surface area (Å²) in [6.07, 6.45) is 4.22. The normalized spacial score (nSPS) is 23.1. The van der Waals surface area contributed by atoms with E-state index in [0.717, 1.165) is 37.1 Å². The third-order valence-corrected chi connectivity index (χ3v) is 6.41. The molecule has 2 fully saturated rings. The van der Waals surface area contributed by atoms with E-state index in [1.807, 2.05) is 11.0 Å². The molecule has 1 aromatic rings. The maximum Gasteiger partial charge on any atom is 0.259 e. The predicted molar refractivity (Wildman–Crippen MR) is 105 cm³/mol. The molecular weight excluding hydrogens is 356 g/mol. The van der Waals surface area contributed by atoms with Crippen LogP contribution in [-0.2, 0) is 17.6 Å². The summed E-state index contributed by atoms with van der Waals surface area (Å²) in [7, 11) is 1.56. The maximum absolute atomic E-state index is 13.2. The van der Waals surface area contributed by atoms with Crippen LogP contribution < -0.4 is 15.4 Å². The minimum Gasteiger partial charge on any atom is -0.480 e. The zero-order chi connectivity index (χ0) is 19.9. The Morgan fingerprint density at radius 2 is 1.96 bits per heavy atom. The minimum atomic E-state index is -0.579. The van der Waals surface area contributed by atoms with Gasteiger partial charge in [-0.1, -0.05) is 13.8 Å². The second kappa shape index (κ2) is 7.03. The molecule has 0 bridgehead atoms. The number of carbonyl (C=O) groups excluding carboxylic acids is 2. The molecule has 0 aromatic carbocycles. The summed E-state index contributed by atoms with van der Waals surface area (Å²) in [6.45, 7) is 6.82. The number of ether oxygens (including phenoxy) is 1. The van der Waals surface area contributed by atoms with E-state index in [-0.39, 0.29) is 17.2 Å². The Morgan fingerprint density at radius 3 is 2.68 bits per heavy atom. The first-order chi connectivity index (χ1) is 13.3. The Kier molecular flexibility index (Phi) is 4.81. The number of hydrogen-bond acceptors (Lipinski definition) is 5. The highest BCUT2D eigenvalue weighted by atomic mass is 16.5. The number of methoxy groups -OCH3 is 1. The van der Waals surface area contributed by atoms with E-state index >= 15 is 0 Å². The zero-order valence-corrected chi connectivity index (χ0v) is 17.1. The summed E-state index contributed by atoms with van der Waals surface area (Å²) < 4.78 is 5.41. The summed E-state index contributed by atoms with van der Waals surface area (Å²) in [6, 6.07) is 1.96. The Morgan fingerprint density at radius 1 is 1.21 bits per heavy atom. The van der Waals surface area contributed by atoms with Crippen molar-refractivity contribution in [2.24, 2.45) is 5.41 Å². The van der Waals surface area contributed by atoms with Crippen molar-refractivity contribution in [1.29, 1.82) is 0 Å². The number of fused-ring (bicyclic) bond motifs is 1. The van der Waals surface area contributed by atoms with Gasteiger partial charge in [0.05, 0.1) is 7.11 Å². The number of likely N-dealkylation sites (tertiary alicyclic amines) is 1. The first kappa shape index (κ1) is 19.2. The van der Waals surface area contributed by atoms with Gasteiger partial charge in [-0.2, -0.15) is 0 Å². The van der Waals surface area contributed by atoms with Gasteiger partial charge in [0.1, 0.15) is 11.1 Å². The molecule has 3 heterocycles. The fourth-order valence-corrected chi connectivity index (χ4v) is 4.47. The van der Waals surface area contributed by atoms with Gasteiger partial charge in [0.15, 0.2) is 0 Å². The molecule has 28 heavy (non-hydrogen) atoms. The van der Waals surface area contributed by atoms with Crippen LogP contribution in [0.3, 0.4) is 0 Å². The van der Waals surface area contributed by atoms with Crippen LogP contribution in [0.1, 0.15) is 54.7 Å². The lowest BCUT2D eigenvalue weighted by Gasteiger charge is -2.40. The number of piperidine rings is 1. The smallest absolute Gasteiger partial charge is 0.259 e. The van der Waals surface area contributed by atoms with Gasteiger partial charge < -0.3 is 20.3 Å². The fraction of sp³-hybridized carbons (Fsp3) is 0.667. The average molecular weight is 386 g/mol. The average Bonchev–Trinajstić information content (AvgIpc) is 3.13. The Bertz CT molecular complexity index is 797. The zero-order valence-electron chi connectivity index (χ0n) is 17.1. The number of nitrogens with one attached hydrogen (secondary N) is 2. The van der Waals surface area contributed by atoms with E-state index in [0.29, 0.717) is 43.9 Å². The number of aromatic nitrogens is 1. The van der Waals surface area contributed by atoms with Crippen LogP contribution in [0.15, 0.2) is 6.07 Å². The third-order valence-electron chi connectivity index (χ3n) is 6.41. The maximum atomic E-state index is 13.2. The summed E-state index contributed by atoms with van der Waals surface area (Å²) in [5.41, 5.74) is 2.19. The van der Waals surface area contributed by atoms with Crippen molar-refractivity contribution in [1.82, 2.24) is 20.5 Å². The summed E-state index contributed by atoms with van der Waals surface area (Å²) >= 11 is 0. The van der Waals surface area contributed by atoms with Gasteiger partial charge in [0.2, 0.25) is 11.8 Å². The van der Waals surface area contributed by atoms with Gasteiger partial charge in [-0.3, -0.25) is 9.59 Å². The van der Waals surface area contributed by atoms with Crippen LogP contribution >= 0.6 is 0 Å². The molecule has 7 nitrogen and oxygen atoms in total. The van der Waals surface area contributed by atoms with E-state index in [2.05, 4.69) is 29.5 Å². The number of amides is 2. The number of hydrogen-bond donors (Lipinski definition) is 2. The largest absolute Gasteiger partial charge is 0.480 e. The minimum absolute atomic E-state index is 0.0234. The molecule has 2 amide bonds. The Balaban J connectivity index is 1.50. The van der Waals surface area contributed by atoms with Crippen molar-refractivity contribution >= 4 is 11.8 Å². The van der Waals surface area contributed by atoms with E-state index < -0.39 is 5.54 Å². The molecule has 7 heteroatoms. The molecule has 0 atom stereocenters. The number of rotatable bonds is 2. The van der Waals surface area contributed by atoms with Crippen molar-refractivity contribution in [2.75, 3.05) is 33.3 Å². The number of carbonyl (C=O) groups is 2. The molecule has 2 aliphatic heterocycles. The van der Waals surface area contributed by atoms with Crippen LogP contribution in [0.5, 0.6) is 5.88 Å². The number of nitrogens with zero attached hydrogens (tertiary/aromatic N) is 2. The molecule has 0 saturated carbocycles. The van der Waals surface area contributed by atoms with E-state index in [4.69, 9.17) is 4.74 Å². The topological polar surface area (TPSA) is 83.6 Å². The molecule has 1 aliphatic carbocycles. The van der Waals surface area contributed by atoms with E-state index in [1.54, 1.807) is 7.11 Å². The highest BCUT2D eigenvalue weighted by molar-refractivity contribution is 5.97. The van der Waals surface area contributed by atoms with Gasteiger partial charge in [-0.05, 0) is 49.1 Å². The molecule has 2 N–H and O–H groups in total. The van der Waals surface area contributed by atoms with Crippen molar-refractivity contribution < 1.29 is 14.3 Å². The van der Waals surface area contributed by atoms with Crippen molar-refractivity contribution in [3.8, 4) is 5.88 Å². The monoisotopic (exact) mass is 386 g/mol. The second-order valence-corrected chi connectivity index (χ2v) is 9.08. The van der Waals surface area contributed by atoms with E-state index in [9.17, 15) is 9.59 Å². The molecule has 0 radical (unpaired) electrons. The molecule has 0 unspecified atom stereocenters. The molecular formula is C21H30N4O3. The lowest BCUT2D eigenvalue weighted by atomic mass is 9.85. The first-order valence-corrected chi connectivity index (χ1v) is 10.2. The van der Waals surface area contributed by atoms with Crippen molar-refractivity contribution in [3.63, 3.8) is 0 Å². The van der Waals surface area contributed by atoms with Crippen LogP contribution in [-0.4, -0.2) is 60.5 Å². The van der Waals surface area contributed by atoms with E-state index in [1.165, 1.54) is 0 Å². The lowest BCUT2D eigenvalue weighted by Crippen LogP contribution is -2.61. The van der Waals surface area contributed by atoms with Gasteiger partial charge in [0.25, 0.3) is 5.91 Å². The summed E-state index contributed by atoms with van der Waals surface area (Å²) in [4.78, 5) is 32.3. The fourth-order valence-electron chi connectivity index (χ4n) is 4.47. The highest BCUT2D eigenvalue weighted by Crippen LogP contribution is 2.31. The number of aryl methyl sites for hydroxylation is 2. The molecule has 2 saturated heterocycles. The summed E-state index contributed by atoms with van der Waals surface area (Å²) in [5.74, 6) is 0.420. The van der Waals surface area contributed by atoms with Crippen LogP contribution in [0.4, 0.5) is 0 Å². The van der Waals surface area contributed by atoms with Crippen LogP contribution in [0.25, 0.3) is 0 Å². The predicted octanol–water partition coefficient (Wildman–Crippen LogP) is 1.30. The first-order valence-electron chi connectivity index (χ1n) is 10.2. The second-order valence-electron chi connectivity index (χ2n) is 9.08. The Labute approximate surface area is 166 Å². The highest BCUT2D eigenvalue weighted by Gasteiger charge is 2.45. The molecule has 152 valence electrons. The summed E-state index contributed by atoms with van der Waals surface area (Å²) in [5, 5.41) is 6.59. The quantitative estimate of drug-likeness (QED) is 0.801. The van der Waals surface area contributed by atoms with Gasteiger partial charge in [0, 0.05) is 31.9 Å². The van der Waals surface area contributed by atoms with Crippen molar-refractivity contribution in [3.05, 3.63) is 22.9 Å². The van der Waals surface area contributed by atoms with Gasteiger partial charge in [-0.15, -0.1) is 0 Å². The number of pyridine rings is 1. The molecule has 1 spiro atoms. The molecule has 4 rings (SSSR count). The third kappa shape index (κ3) is 3.36.